The minimum atomic E-state index is -3.46. The predicted octanol–water partition coefficient (Wildman–Crippen LogP) is 1.00. The Hall–Kier alpha value is -1.15. The molecule has 1 fully saturated rings. The summed E-state index contributed by atoms with van der Waals surface area (Å²) in [6.07, 6.45) is 0.786. The first-order valence-electron chi connectivity index (χ1n) is 7.47. The van der Waals surface area contributed by atoms with Crippen LogP contribution in [0.25, 0.3) is 0 Å². The molecule has 0 aliphatic carbocycles. The van der Waals surface area contributed by atoms with Crippen LogP contribution in [0, 0.1) is 6.92 Å². The highest BCUT2D eigenvalue weighted by atomic mass is 32.2. The molecule has 6 nitrogen and oxygen atoms in total. The zero-order valence-corrected chi connectivity index (χ0v) is 14.0. The van der Waals surface area contributed by atoms with Gasteiger partial charge in [-0.3, -0.25) is 4.90 Å². The van der Waals surface area contributed by atoms with Gasteiger partial charge in [0.05, 0.1) is 25.2 Å². The Morgan fingerprint density at radius 3 is 2.68 bits per heavy atom. The Kier molecular flexibility index (Phi) is 6.19. The summed E-state index contributed by atoms with van der Waals surface area (Å²) in [5.41, 5.74) is 0.804. The molecule has 1 heterocycles. The second kappa shape index (κ2) is 7.92. The van der Waals surface area contributed by atoms with Crippen molar-refractivity contribution in [2.75, 3.05) is 46.5 Å². The van der Waals surface area contributed by atoms with Crippen molar-refractivity contribution in [2.24, 2.45) is 0 Å². The van der Waals surface area contributed by atoms with Gasteiger partial charge in [-0.05, 0) is 43.7 Å². The predicted molar refractivity (Wildman–Crippen MR) is 84.8 cm³/mol. The summed E-state index contributed by atoms with van der Waals surface area (Å²) in [6, 6.07) is 4.87. The quantitative estimate of drug-likeness (QED) is 0.757. The molecule has 1 aliphatic heterocycles. The van der Waals surface area contributed by atoms with Crippen molar-refractivity contribution in [3.63, 3.8) is 0 Å². The van der Waals surface area contributed by atoms with E-state index in [2.05, 4.69) is 9.62 Å². The van der Waals surface area contributed by atoms with Crippen molar-refractivity contribution in [2.45, 2.75) is 18.2 Å². The maximum Gasteiger partial charge on any atom is 0.240 e. The van der Waals surface area contributed by atoms with Crippen LogP contribution >= 0.6 is 0 Å². The molecular weight excluding hydrogens is 304 g/mol. The van der Waals surface area contributed by atoms with Crippen LogP contribution in [0.3, 0.4) is 0 Å². The third-order valence-corrected chi connectivity index (χ3v) is 5.18. The fraction of sp³-hybridized carbons (Fsp3) is 0.600. The number of benzene rings is 1. The molecule has 1 aliphatic rings. The Labute approximate surface area is 132 Å². The highest BCUT2D eigenvalue weighted by Crippen LogP contribution is 2.21. The molecule has 1 saturated heterocycles. The average molecular weight is 328 g/mol. The van der Waals surface area contributed by atoms with Crippen molar-refractivity contribution >= 4 is 10.0 Å². The molecule has 0 spiro atoms. The molecule has 0 unspecified atom stereocenters. The first kappa shape index (κ1) is 17.2. The standard InChI is InChI=1S/C15H24N2O4S/c1-13-12-14(4-5-15(13)20-2)22(18,19)16-6-3-7-17-8-10-21-11-9-17/h4-5,12,16H,3,6-11H2,1-2H3. The van der Waals surface area contributed by atoms with Crippen molar-refractivity contribution in [3.05, 3.63) is 23.8 Å². The van der Waals surface area contributed by atoms with Crippen LogP contribution in [0.4, 0.5) is 0 Å². The summed E-state index contributed by atoms with van der Waals surface area (Å²) >= 11 is 0. The van der Waals surface area contributed by atoms with E-state index in [1.165, 1.54) is 0 Å². The lowest BCUT2D eigenvalue weighted by molar-refractivity contribution is 0.0376. The number of nitrogens with one attached hydrogen (secondary N) is 1. The Balaban J connectivity index is 1.84. The van der Waals surface area contributed by atoms with E-state index in [0.29, 0.717) is 12.3 Å². The first-order chi connectivity index (χ1) is 10.5. The summed E-state index contributed by atoms with van der Waals surface area (Å²) in [7, 11) is -1.89. The molecule has 1 aromatic rings. The van der Waals surface area contributed by atoms with E-state index in [9.17, 15) is 8.42 Å². The fourth-order valence-electron chi connectivity index (χ4n) is 2.44. The Bertz CT molecular complexity index is 583. The van der Waals surface area contributed by atoms with Crippen LogP contribution in [-0.4, -0.2) is 59.8 Å². The number of morpholine rings is 1. The third kappa shape index (κ3) is 4.67. The first-order valence-corrected chi connectivity index (χ1v) is 8.95. The molecule has 22 heavy (non-hydrogen) atoms. The number of nitrogens with zero attached hydrogens (tertiary/aromatic N) is 1. The number of ether oxygens (including phenoxy) is 2. The molecule has 2 rings (SSSR count). The summed E-state index contributed by atoms with van der Waals surface area (Å²) in [4.78, 5) is 2.56. The lowest BCUT2D eigenvalue weighted by Gasteiger charge is -2.26. The summed E-state index contributed by atoms with van der Waals surface area (Å²) in [6.45, 7) is 6.51. The molecule has 1 N–H and O–H groups in total. The van der Waals surface area contributed by atoms with E-state index in [-0.39, 0.29) is 4.90 Å². The molecule has 0 aromatic heterocycles. The van der Waals surface area contributed by atoms with Crippen LogP contribution in [0.15, 0.2) is 23.1 Å². The summed E-state index contributed by atoms with van der Waals surface area (Å²) < 4.78 is 37.6. The van der Waals surface area contributed by atoms with Crippen LogP contribution in [0.5, 0.6) is 5.75 Å². The second-order valence-electron chi connectivity index (χ2n) is 5.34. The van der Waals surface area contributed by atoms with Crippen molar-refractivity contribution < 1.29 is 17.9 Å². The topological polar surface area (TPSA) is 67.9 Å². The monoisotopic (exact) mass is 328 g/mol. The van der Waals surface area contributed by atoms with Crippen LogP contribution < -0.4 is 9.46 Å². The van der Waals surface area contributed by atoms with Gasteiger partial charge in [-0.25, -0.2) is 13.1 Å². The maximum atomic E-state index is 12.2. The second-order valence-corrected chi connectivity index (χ2v) is 7.10. The van der Waals surface area contributed by atoms with E-state index in [1.807, 2.05) is 6.92 Å². The third-order valence-electron chi connectivity index (χ3n) is 3.72. The summed E-state index contributed by atoms with van der Waals surface area (Å²) in [5, 5.41) is 0. The van der Waals surface area contributed by atoms with E-state index >= 15 is 0 Å². The number of sulfonamides is 1. The van der Waals surface area contributed by atoms with E-state index in [4.69, 9.17) is 9.47 Å². The smallest absolute Gasteiger partial charge is 0.240 e. The number of rotatable bonds is 7. The van der Waals surface area contributed by atoms with Gasteiger partial charge in [0.15, 0.2) is 0 Å². The fourth-order valence-corrected chi connectivity index (χ4v) is 3.59. The lowest BCUT2D eigenvalue weighted by Crippen LogP contribution is -2.38. The van der Waals surface area contributed by atoms with Crippen molar-refractivity contribution in [3.8, 4) is 5.75 Å². The molecule has 0 saturated carbocycles. The number of hydrogen-bond acceptors (Lipinski definition) is 5. The number of methoxy groups -OCH3 is 1. The molecule has 124 valence electrons. The van der Waals surface area contributed by atoms with Crippen molar-refractivity contribution in [1.82, 2.24) is 9.62 Å². The van der Waals surface area contributed by atoms with Crippen LogP contribution in [0.2, 0.25) is 0 Å². The van der Waals surface area contributed by atoms with Gasteiger partial charge in [-0.2, -0.15) is 0 Å². The van der Waals surface area contributed by atoms with Gasteiger partial charge >= 0.3 is 0 Å². The van der Waals surface area contributed by atoms with Gasteiger partial charge in [0, 0.05) is 19.6 Å². The van der Waals surface area contributed by atoms with Gasteiger partial charge in [-0.1, -0.05) is 0 Å². The molecule has 0 atom stereocenters. The Morgan fingerprint density at radius 2 is 2.05 bits per heavy atom. The zero-order chi connectivity index (χ0) is 16.0. The van der Waals surface area contributed by atoms with Gasteiger partial charge in [0.25, 0.3) is 0 Å². The highest BCUT2D eigenvalue weighted by Gasteiger charge is 2.15. The SMILES string of the molecule is COc1ccc(S(=O)(=O)NCCCN2CCOCC2)cc1C. The maximum absolute atomic E-state index is 12.2. The van der Waals surface area contributed by atoms with E-state index in [0.717, 1.165) is 44.8 Å². The number of aryl methyl sites for hydroxylation is 1. The normalized spacial score (nSPS) is 16.6. The van der Waals surface area contributed by atoms with E-state index < -0.39 is 10.0 Å². The van der Waals surface area contributed by atoms with Crippen LogP contribution in [0.1, 0.15) is 12.0 Å². The van der Waals surface area contributed by atoms with Gasteiger partial charge in [-0.15, -0.1) is 0 Å². The molecule has 1 aromatic carbocycles. The van der Waals surface area contributed by atoms with Crippen molar-refractivity contribution in [1.29, 1.82) is 0 Å². The molecule has 7 heteroatoms. The van der Waals surface area contributed by atoms with E-state index in [1.54, 1.807) is 25.3 Å². The molecule has 0 amide bonds. The minimum absolute atomic E-state index is 0.275. The van der Waals surface area contributed by atoms with Gasteiger partial charge < -0.3 is 9.47 Å². The zero-order valence-electron chi connectivity index (χ0n) is 13.2. The highest BCUT2D eigenvalue weighted by molar-refractivity contribution is 7.89. The van der Waals surface area contributed by atoms with Gasteiger partial charge in [0.2, 0.25) is 10.0 Å². The molecular formula is C15H24N2O4S. The summed E-state index contributed by atoms with van der Waals surface area (Å²) in [5.74, 6) is 0.686. The lowest BCUT2D eigenvalue weighted by atomic mass is 10.2. The molecule has 0 bridgehead atoms. The minimum Gasteiger partial charge on any atom is -0.496 e. The van der Waals surface area contributed by atoms with Crippen LogP contribution in [-0.2, 0) is 14.8 Å². The molecule has 0 radical (unpaired) electrons. The Morgan fingerprint density at radius 1 is 1.32 bits per heavy atom. The number of hydrogen-bond donors (Lipinski definition) is 1. The largest absolute Gasteiger partial charge is 0.496 e. The van der Waals surface area contributed by atoms with Gasteiger partial charge in [0.1, 0.15) is 5.75 Å². The average Bonchev–Trinajstić information content (AvgIpc) is 2.52.